The molecule has 0 rings (SSSR count). The van der Waals surface area contributed by atoms with Gasteiger partial charge in [0, 0.05) is 5.54 Å². The lowest BCUT2D eigenvalue weighted by molar-refractivity contribution is -0.127. The fourth-order valence-corrected chi connectivity index (χ4v) is 2.72. The number of carbonyl (C=O) groups is 1. The molecule has 0 radical (unpaired) electrons. The quantitative estimate of drug-likeness (QED) is 0.489. The normalized spacial score (nSPS) is 15.2. The van der Waals surface area contributed by atoms with Crippen LogP contribution in [0.3, 0.4) is 0 Å². The van der Waals surface area contributed by atoms with Gasteiger partial charge in [-0.15, -0.1) is 0 Å². The summed E-state index contributed by atoms with van der Waals surface area (Å²) in [5.41, 5.74) is -1.70. The van der Waals surface area contributed by atoms with E-state index in [0.29, 0.717) is 19.6 Å². The Morgan fingerprint density at radius 1 is 1.00 bits per heavy atom. The summed E-state index contributed by atoms with van der Waals surface area (Å²) in [6.45, 7) is 21.1. The van der Waals surface area contributed by atoms with Crippen LogP contribution in [-0.4, -0.2) is 52.4 Å². The average molecular weight is 373 g/mol. The third-order valence-corrected chi connectivity index (χ3v) is 4.45. The van der Waals surface area contributed by atoms with Crippen molar-refractivity contribution < 1.29 is 14.6 Å². The summed E-state index contributed by atoms with van der Waals surface area (Å²) < 4.78 is 5.92. The highest BCUT2D eigenvalue weighted by Crippen LogP contribution is 2.18. The van der Waals surface area contributed by atoms with Crippen molar-refractivity contribution in [2.45, 2.75) is 117 Å². The van der Waals surface area contributed by atoms with E-state index in [2.05, 4.69) is 31.4 Å². The summed E-state index contributed by atoms with van der Waals surface area (Å²) >= 11 is 0. The van der Waals surface area contributed by atoms with Crippen LogP contribution in [0.15, 0.2) is 0 Å². The van der Waals surface area contributed by atoms with E-state index in [1.807, 2.05) is 34.6 Å². The Bertz CT molecular complexity index is 432. The van der Waals surface area contributed by atoms with E-state index in [9.17, 15) is 9.90 Å². The number of nitrogens with one attached hydrogen (secondary N) is 2. The van der Waals surface area contributed by atoms with Gasteiger partial charge < -0.3 is 20.5 Å². The average Bonchev–Trinajstić information content (AvgIpc) is 2.40. The standard InChI is InChI=1S/C21H44N2O3/c1-11-16(23-18(2,3)4)17(24)21(9,10)22-14-12-20(7,8)26-15-13-19(5,6)25/h16,22-23,25H,11-15H2,1-10H3. The second-order valence-corrected chi connectivity index (χ2v) is 10.2. The van der Waals surface area contributed by atoms with Crippen molar-refractivity contribution in [3.63, 3.8) is 0 Å². The van der Waals surface area contributed by atoms with Gasteiger partial charge in [0.25, 0.3) is 0 Å². The molecule has 0 aromatic heterocycles. The van der Waals surface area contributed by atoms with Gasteiger partial charge in [0.1, 0.15) is 0 Å². The molecular formula is C21H44N2O3. The molecular weight excluding hydrogens is 328 g/mol. The lowest BCUT2D eigenvalue weighted by atomic mass is 9.90. The Labute approximate surface area is 161 Å². The Morgan fingerprint density at radius 2 is 1.54 bits per heavy atom. The zero-order valence-electron chi connectivity index (χ0n) is 18.9. The van der Waals surface area contributed by atoms with E-state index in [-0.39, 0.29) is 23.0 Å². The molecule has 0 aromatic rings. The Morgan fingerprint density at radius 3 is 1.96 bits per heavy atom. The fourth-order valence-electron chi connectivity index (χ4n) is 2.72. The first-order valence-electron chi connectivity index (χ1n) is 9.92. The van der Waals surface area contributed by atoms with Crippen LogP contribution in [0.1, 0.15) is 88.5 Å². The smallest absolute Gasteiger partial charge is 0.169 e. The maximum absolute atomic E-state index is 12.9. The number of rotatable bonds is 12. The van der Waals surface area contributed by atoms with Gasteiger partial charge in [-0.05, 0) is 88.1 Å². The van der Waals surface area contributed by atoms with Gasteiger partial charge in [0.2, 0.25) is 0 Å². The van der Waals surface area contributed by atoms with E-state index in [0.717, 1.165) is 12.8 Å². The van der Waals surface area contributed by atoms with Gasteiger partial charge in [0.15, 0.2) is 5.78 Å². The van der Waals surface area contributed by atoms with E-state index in [4.69, 9.17) is 4.74 Å². The van der Waals surface area contributed by atoms with Gasteiger partial charge in [0.05, 0.1) is 29.4 Å². The number of Topliss-reactive ketones (excluding diaryl/α,β-unsaturated/α-hetero) is 1. The van der Waals surface area contributed by atoms with Gasteiger partial charge in [-0.1, -0.05) is 6.92 Å². The molecule has 1 unspecified atom stereocenters. The number of hydrogen-bond donors (Lipinski definition) is 3. The molecule has 0 bridgehead atoms. The predicted octanol–water partition coefficient (Wildman–Crippen LogP) is 3.44. The first kappa shape index (κ1) is 25.5. The fraction of sp³-hybridized carbons (Fsp3) is 0.952. The van der Waals surface area contributed by atoms with E-state index >= 15 is 0 Å². The topological polar surface area (TPSA) is 70.6 Å². The van der Waals surface area contributed by atoms with Gasteiger partial charge in [-0.2, -0.15) is 0 Å². The maximum Gasteiger partial charge on any atom is 0.169 e. The summed E-state index contributed by atoms with van der Waals surface area (Å²) in [7, 11) is 0. The molecule has 0 aliphatic carbocycles. The van der Waals surface area contributed by atoms with Crippen LogP contribution in [0.4, 0.5) is 0 Å². The van der Waals surface area contributed by atoms with Crippen molar-refractivity contribution in [2.24, 2.45) is 0 Å². The molecule has 5 nitrogen and oxygen atoms in total. The molecule has 0 aliphatic rings. The highest BCUT2D eigenvalue weighted by molar-refractivity contribution is 5.92. The monoisotopic (exact) mass is 372 g/mol. The van der Waals surface area contributed by atoms with E-state index in [1.165, 1.54) is 0 Å². The predicted molar refractivity (Wildman–Crippen MR) is 110 cm³/mol. The highest BCUT2D eigenvalue weighted by Gasteiger charge is 2.34. The minimum Gasteiger partial charge on any atom is -0.390 e. The van der Waals surface area contributed by atoms with Crippen LogP contribution in [-0.2, 0) is 9.53 Å². The molecule has 0 saturated heterocycles. The van der Waals surface area contributed by atoms with Gasteiger partial charge in [-0.3, -0.25) is 4.79 Å². The molecule has 0 aromatic carbocycles. The maximum atomic E-state index is 12.9. The van der Waals surface area contributed by atoms with Crippen LogP contribution in [0.25, 0.3) is 0 Å². The largest absolute Gasteiger partial charge is 0.390 e. The Kier molecular flexibility index (Phi) is 9.45. The molecule has 5 heteroatoms. The second kappa shape index (κ2) is 9.63. The molecule has 0 fully saturated rings. The Hall–Kier alpha value is -0.490. The third-order valence-electron chi connectivity index (χ3n) is 4.45. The van der Waals surface area contributed by atoms with Gasteiger partial charge in [-0.25, -0.2) is 0 Å². The van der Waals surface area contributed by atoms with Crippen molar-refractivity contribution in [3.05, 3.63) is 0 Å². The Balaban J connectivity index is 4.55. The lowest BCUT2D eigenvalue weighted by Gasteiger charge is -2.34. The van der Waals surface area contributed by atoms with Crippen molar-refractivity contribution in [1.82, 2.24) is 10.6 Å². The SMILES string of the molecule is CCC(NC(C)(C)C)C(=O)C(C)(C)NCCC(C)(C)OCCC(C)(C)O. The molecule has 1 atom stereocenters. The molecule has 3 N–H and O–H groups in total. The first-order valence-corrected chi connectivity index (χ1v) is 9.92. The van der Waals surface area contributed by atoms with E-state index in [1.54, 1.807) is 13.8 Å². The first-order chi connectivity index (χ1) is 11.5. The van der Waals surface area contributed by atoms with Crippen LogP contribution >= 0.6 is 0 Å². The number of carbonyl (C=O) groups excluding carboxylic acids is 1. The number of aliphatic hydroxyl groups is 1. The zero-order valence-corrected chi connectivity index (χ0v) is 18.9. The van der Waals surface area contributed by atoms with Crippen LogP contribution in [0, 0.1) is 0 Å². The molecule has 0 saturated carbocycles. The molecule has 26 heavy (non-hydrogen) atoms. The lowest BCUT2D eigenvalue weighted by Crippen LogP contribution is -2.58. The van der Waals surface area contributed by atoms with Crippen molar-refractivity contribution in [1.29, 1.82) is 0 Å². The van der Waals surface area contributed by atoms with Crippen molar-refractivity contribution >= 4 is 5.78 Å². The molecule has 0 spiro atoms. The van der Waals surface area contributed by atoms with Crippen LogP contribution < -0.4 is 10.6 Å². The summed E-state index contributed by atoms with van der Waals surface area (Å²) in [5, 5.41) is 16.6. The van der Waals surface area contributed by atoms with Crippen LogP contribution in [0.2, 0.25) is 0 Å². The van der Waals surface area contributed by atoms with Crippen molar-refractivity contribution in [3.8, 4) is 0 Å². The number of ether oxygens (including phenoxy) is 1. The van der Waals surface area contributed by atoms with Gasteiger partial charge >= 0.3 is 0 Å². The summed E-state index contributed by atoms with van der Waals surface area (Å²) in [4.78, 5) is 12.9. The van der Waals surface area contributed by atoms with E-state index < -0.39 is 11.1 Å². The zero-order chi connectivity index (χ0) is 20.8. The third kappa shape index (κ3) is 11.3. The molecule has 0 amide bonds. The van der Waals surface area contributed by atoms with Crippen LogP contribution in [0.5, 0.6) is 0 Å². The number of hydrogen-bond acceptors (Lipinski definition) is 5. The minimum absolute atomic E-state index is 0.0945. The molecule has 156 valence electrons. The number of ketones is 1. The highest BCUT2D eigenvalue weighted by atomic mass is 16.5. The summed E-state index contributed by atoms with van der Waals surface area (Å²) in [6.07, 6.45) is 2.16. The molecule has 0 aliphatic heterocycles. The van der Waals surface area contributed by atoms with Crippen molar-refractivity contribution in [2.75, 3.05) is 13.2 Å². The minimum atomic E-state index is -0.710. The summed E-state index contributed by atoms with van der Waals surface area (Å²) in [5.74, 6) is 0.190. The second-order valence-electron chi connectivity index (χ2n) is 10.2. The molecule has 0 heterocycles. The summed E-state index contributed by atoms with van der Waals surface area (Å²) in [6, 6.07) is -0.159.